The van der Waals surface area contributed by atoms with Gasteiger partial charge in [0.05, 0.1) is 0 Å². The SMILES string of the molecule is C[N](C)[Zr]([C]1=C(C(C)(C)C)C=CC1)([N](C)C)[N](C)C. The van der Waals surface area contributed by atoms with Gasteiger partial charge in [-0.05, 0) is 0 Å². The van der Waals surface area contributed by atoms with Crippen LogP contribution in [-0.2, 0) is 21.1 Å². The fourth-order valence-corrected chi connectivity index (χ4v) is 16.4. The van der Waals surface area contributed by atoms with E-state index in [9.17, 15) is 0 Å². The Morgan fingerprint density at radius 2 is 1.32 bits per heavy atom. The van der Waals surface area contributed by atoms with Crippen molar-refractivity contribution in [2.45, 2.75) is 27.2 Å². The summed E-state index contributed by atoms with van der Waals surface area (Å²) in [5.74, 6) is 0. The summed E-state index contributed by atoms with van der Waals surface area (Å²) in [4.78, 5) is 0. The van der Waals surface area contributed by atoms with Crippen LogP contribution in [0.5, 0.6) is 0 Å². The first-order valence-corrected chi connectivity index (χ1v) is 11.5. The molecule has 0 fully saturated rings. The maximum absolute atomic E-state index is 2.86. The second-order valence-electron chi connectivity index (χ2n) is 7.07. The Balaban J connectivity index is 3.51. The summed E-state index contributed by atoms with van der Waals surface area (Å²) in [6, 6.07) is 0. The zero-order valence-electron chi connectivity index (χ0n) is 14.2. The number of rotatable bonds is 4. The predicted molar refractivity (Wildman–Crippen MR) is 81.3 cm³/mol. The van der Waals surface area contributed by atoms with Crippen molar-refractivity contribution >= 4 is 0 Å². The summed E-state index contributed by atoms with van der Waals surface area (Å²) in [5.41, 5.74) is 1.78. The van der Waals surface area contributed by atoms with Crippen LogP contribution in [0.25, 0.3) is 0 Å². The third-order valence-electron chi connectivity index (χ3n) is 4.02. The van der Waals surface area contributed by atoms with Crippen molar-refractivity contribution in [3.63, 3.8) is 0 Å². The van der Waals surface area contributed by atoms with E-state index in [4.69, 9.17) is 0 Å². The molecule has 0 atom stereocenters. The Hall–Kier alpha value is 0.243. The fraction of sp³-hybridized carbons (Fsp3) is 0.733. The molecule has 1 aliphatic carbocycles. The van der Waals surface area contributed by atoms with Crippen molar-refractivity contribution in [1.29, 1.82) is 0 Å². The molecule has 0 spiro atoms. The predicted octanol–water partition coefficient (Wildman–Crippen LogP) is 2.83. The number of hydrogen-bond donors (Lipinski definition) is 0. The fourth-order valence-electron chi connectivity index (χ4n) is 3.54. The van der Waals surface area contributed by atoms with Crippen LogP contribution in [0.3, 0.4) is 0 Å². The first-order valence-electron chi connectivity index (χ1n) is 6.99. The molecule has 0 aromatic heterocycles. The molecule has 3 nitrogen and oxygen atoms in total. The average molecular weight is 345 g/mol. The van der Waals surface area contributed by atoms with Crippen LogP contribution in [-0.4, -0.2) is 50.8 Å². The average Bonchev–Trinajstić information content (AvgIpc) is 2.64. The van der Waals surface area contributed by atoms with Gasteiger partial charge in [0.25, 0.3) is 0 Å². The third-order valence-corrected chi connectivity index (χ3v) is 16.4. The minimum atomic E-state index is -2.86. The van der Waals surface area contributed by atoms with E-state index in [-0.39, 0.29) is 5.41 Å². The van der Waals surface area contributed by atoms with Gasteiger partial charge >= 0.3 is 126 Å². The van der Waals surface area contributed by atoms with Crippen LogP contribution < -0.4 is 0 Å². The van der Waals surface area contributed by atoms with Gasteiger partial charge in [-0.1, -0.05) is 0 Å². The van der Waals surface area contributed by atoms with Crippen LogP contribution in [0.2, 0.25) is 0 Å². The van der Waals surface area contributed by atoms with E-state index >= 15 is 0 Å². The van der Waals surface area contributed by atoms with Crippen molar-refractivity contribution in [2.24, 2.45) is 5.41 Å². The standard InChI is InChI=1S/C9H13.3C2H6N.Zr/c1-9(2,3)8-6-4-5-7-8;3*1-3-2;/h4,6H,5H2,1-3H3;3*1-2H3;/q;3*-1;+3. The van der Waals surface area contributed by atoms with Crippen molar-refractivity contribution in [3.8, 4) is 0 Å². The summed E-state index contributed by atoms with van der Waals surface area (Å²) in [7, 11) is 13.5. The van der Waals surface area contributed by atoms with Gasteiger partial charge in [-0.15, -0.1) is 0 Å². The summed E-state index contributed by atoms with van der Waals surface area (Å²) in [5, 5.41) is 0. The number of hydrogen-bond acceptors (Lipinski definition) is 3. The molecule has 0 unspecified atom stereocenters. The topological polar surface area (TPSA) is 9.72 Å². The van der Waals surface area contributed by atoms with E-state index in [1.54, 1.807) is 8.85 Å². The molecule has 1 rings (SSSR count). The van der Waals surface area contributed by atoms with E-state index in [1.165, 1.54) is 0 Å². The first kappa shape index (κ1) is 17.3. The van der Waals surface area contributed by atoms with Gasteiger partial charge in [0.1, 0.15) is 0 Å². The van der Waals surface area contributed by atoms with Crippen molar-refractivity contribution < 1.29 is 21.1 Å². The van der Waals surface area contributed by atoms with Crippen molar-refractivity contribution in [3.05, 3.63) is 21.0 Å². The molecule has 0 heterocycles. The monoisotopic (exact) mass is 343 g/mol. The van der Waals surface area contributed by atoms with Crippen LogP contribution >= 0.6 is 0 Å². The molecule has 4 heteroatoms. The normalized spacial score (nSPS) is 17.5. The molecule has 0 aromatic rings. The van der Waals surface area contributed by atoms with Crippen LogP contribution in [0, 0.1) is 5.41 Å². The summed E-state index contributed by atoms with van der Waals surface area (Å²) < 4.78 is 9.25. The molecule has 0 bridgehead atoms. The van der Waals surface area contributed by atoms with Gasteiger partial charge in [0.2, 0.25) is 0 Å². The van der Waals surface area contributed by atoms with Gasteiger partial charge in [0.15, 0.2) is 0 Å². The second-order valence-corrected chi connectivity index (χ2v) is 18.3. The Morgan fingerprint density at radius 3 is 1.63 bits per heavy atom. The van der Waals surface area contributed by atoms with Gasteiger partial charge < -0.3 is 0 Å². The molecule has 0 saturated heterocycles. The summed E-state index contributed by atoms with van der Waals surface area (Å²) in [6.45, 7) is 6.99. The van der Waals surface area contributed by atoms with Crippen LogP contribution in [0.15, 0.2) is 21.0 Å². The van der Waals surface area contributed by atoms with E-state index in [2.05, 4.69) is 83.7 Å². The van der Waals surface area contributed by atoms with E-state index in [0.29, 0.717) is 0 Å². The van der Waals surface area contributed by atoms with Gasteiger partial charge in [0, 0.05) is 0 Å². The second kappa shape index (κ2) is 5.93. The van der Waals surface area contributed by atoms with Gasteiger partial charge in [-0.3, -0.25) is 0 Å². The molecule has 0 aliphatic heterocycles. The third kappa shape index (κ3) is 2.97. The maximum atomic E-state index is 2.52. The molecule has 0 saturated carbocycles. The Bertz CT molecular complexity index is 365. The van der Waals surface area contributed by atoms with Gasteiger partial charge in [-0.2, -0.15) is 0 Å². The zero-order chi connectivity index (χ0) is 15.0. The van der Waals surface area contributed by atoms with Crippen molar-refractivity contribution in [2.75, 3.05) is 42.3 Å². The minimum absolute atomic E-state index is 0.229. The van der Waals surface area contributed by atoms with E-state index < -0.39 is 21.1 Å². The molecular formula is C15H31N3Zr. The molecule has 19 heavy (non-hydrogen) atoms. The van der Waals surface area contributed by atoms with E-state index in [0.717, 1.165) is 6.42 Å². The first-order chi connectivity index (χ1) is 8.56. The Morgan fingerprint density at radius 1 is 0.895 bits per heavy atom. The molecule has 0 radical (unpaired) electrons. The van der Waals surface area contributed by atoms with Gasteiger partial charge in [-0.25, -0.2) is 0 Å². The van der Waals surface area contributed by atoms with E-state index in [1.807, 2.05) is 0 Å². The van der Waals surface area contributed by atoms with Crippen LogP contribution in [0.4, 0.5) is 0 Å². The number of allylic oxidation sites excluding steroid dienone is 4. The quantitative estimate of drug-likeness (QED) is 0.776. The summed E-state index contributed by atoms with van der Waals surface area (Å²) in [6.07, 6.45) is 5.83. The number of nitrogens with zero attached hydrogens (tertiary/aromatic N) is 3. The molecular weight excluding hydrogens is 313 g/mol. The molecule has 1 aliphatic rings. The Kier molecular flexibility index (Phi) is 5.40. The zero-order valence-corrected chi connectivity index (χ0v) is 16.7. The summed E-state index contributed by atoms with van der Waals surface area (Å²) >= 11 is -2.86. The molecule has 110 valence electrons. The molecule has 0 N–H and O–H groups in total. The molecule has 0 aromatic carbocycles. The van der Waals surface area contributed by atoms with Crippen molar-refractivity contribution in [1.82, 2.24) is 8.53 Å². The Labute approximate surface area is 125 Å². The molecule has 0 amide bonds. The van der Waals surface area contributed by atoms with Crippen LogP contribution in [0.1, 0.15) is 27.2 Å².